The summed E-state index contributed by atoms with van der Waals surface area (Å²) in [5, 5.41) is 19.6. The van der Waals surface area contributed by atoms with Gasteiger partial charge in [0.25, 0.3) is 10.0 Å². The van der Waals surface area contributed by atoms with Crippen LogP contribution in [0.25, 0.3) is 0 Å². The minimum Gasteiger partial charge on any atom is -0.379 e. The molecule has 2 aliphatic heterocycles. The number of morpholine rings is 1. The molecule has 1 aromatic heterocycles. The van der Waals surface area contributed by atoms with Gasteiger partial charge in [0.05, 0.1) is 24.5 Å². The summed E-state index contributed by atoms with van der Waals surface area (Å²) in [5.74, 6) is 5.24. The van der Waals surface area contributed by atoms with Crippen LogP contribution in [-0.2, 0) is 14.8 Å². The van der Waals surface area contributed by atoms with Crippen LogP contribution in [-0.4, -0.2) is 70.1 Å². The lowest BCUT2D eigenvalue weighted by Crippen LogP contribution is -2.43. The molecular weight excluding hydrogens is 384 g/mol. The van der Waals surface area contributed by atoms with Crippen molar-refractivity contribution < 1.29 is 13.2 Å². The lowest BCUT2D eigenvalue weighted by Gasteiger charge is -2.37. The van der Waals surface area contributed by atoms with Crippen LogP contribution in [0.5, 0.6) is 0 Å². The molecule has 5 N–H and O–H groups in total. The first-order valence-corrected chi connectivity index (χ1v) is 10.7. The van der Waals surface area contributed by atoms with Gasteiger partial charge in [0, 0.05) is 38.9 Å². The second-order valence-corrected chi connectivity index (χ2v) is 8.44. The van der Waals surface area contributed by atoms with Crippen molar-refractivity contribution in [2.75, 3.05) is 50.8 Å². The highest BCUT2D eigenvalue weighted by molar-refractivity contribution is 7.89. The maximum absolute atomic E-state index is 12.0. The van der Waals surface area contributed by atoms with Gasteiger partial charge in [0.1, 0.15) is 0 Å². The fourth-order valence-electron chi connectivity index (χ4n) is 3.75. The van der Waals surface area contributed by atoms with Gasteiger partial charge < -0.3 is 15.5 Å². The van der Waals surface area contributed by atoms with Crippen LogP contribution < -0.4 is 15.9 Å². The molecule has 1 aromatic rings. The van der Waals surface area contributed by atoms with Gasteiger partial charge in [-0.25, -0.2) is 18.5 Å². The zero-order valence-electron chi connectivity index (χ0n) is 15.6. The van der Waals surface area contributed by atoms with Crippen LogP contribution in [0.2, 0.25) is 0 Å². The molecule has 11 nitrogen and oxygen atoms in total. The molecule has 2 saturated heterocycles. The van der Waals surface area contributed by atoms with Gasteiger partial charge in [-0.2, -0.15) is 0 Å². The summed E-state index contributed by atoms with van der Waals surface area (Å²) in [5.41, 5.74) is 0.590. The number of nitrogens with one attached hydrogen (secondary N) is 1. The maximum Gasteiger partial charge on any atom is 0.256 e. The molecule has 28 heavy (non-hydrogen) atoms. The van der Waals surface area contributed by atoms with E-state index in [2.05, 4.69) is 20.2 Å². The van der Waals surface area contributed by atoms with E-state index in [4.69, 9.17) is 21.1 Å². The molecule has 154 valence electrons. The normalized spacial score (nSPS) is 20.0. The van der Waals surface area contributed by atoms with Crippen molar-refractivity contribution in [3.8, 4) is 0 Å². The Hall–Kier alpha value is -2.15. The van der Waals surface area contributed by atoms with Crippen LogP contribution in [0, 0.1) is 11.3 Å². The number of hydrogen-bond donors (Lipinski definition) is 3. The first-order valence-electron chi connectivity index (χ1n) is 9.17. The van der Waals surface area contributed by atoms with Crippen LogP contribution in [0.4, 0.5) is 5.69 Å². The van der Waals surface area contributed by atoms with E-state index in [1.165, 1.54) is 6.20 Å². The highest BCUT2D eigenvalue weighted by atomic mass is 32.2. The Morgan fingerprint density at radius 3 is 2.57 bits per heavy atom. The third kappa shape index (κ3) is 4.82. The molecule has 3 rings (SSSR count). The molecule has 2 fully saturated rings. The summed E-state index contributed by atoms with van der Waals surface area (Å²) < 4.78 is 29.3. The predicted octanol–water partition coefficient (Wildman–Crippen LogP) is -0.0711. The number of amidine groups is 1. The van der Waals surface area contributed by atoms with Crippen LogP contribution in [0.3, 0.4) is 0 Å². The molecule has 0 radical (unpaired) electrons. The summed E-state index contributed by atoms with van der Waals surface area (Å²) in [4.78, 5) is 8.33. The SMILES string of the molecule is N=C(N=NN)c1c(N2CCC(CN3CCOCC3)CC2)ccnc1S(N)(=O)=O. The zero-order valence-corrected chi connectivity index (χ0v) is 16.4. The Balaban J connectivity index is 1.77. The zero-order chi connectivity index (χ0) is 20.1. The number of nitrogens with zero attached hydrogens (tertiary/aromatic N) is 5. The number of pyridine rings is 1. The number of hydrogen-bond acceptors (Lipinski definition) is 8. The van der Waals surface area contributed by atoms with E-state index in [-0.39, 0.29) is 11.4 Å². The lowest BCUT2D eigenvalue weighted by molar-refractivity contribution is 0.0289. The number of nitrogens with two attached hydrogens (primary N) is 2. The Morgan fingerprint density at radius 1 is 1.29 bits per heavy atom. The second kappa shape index (κ2) is 8.90. The molecule has 0 aromatic carbocycles. The number of anilines is 1. The van der Waals surface area contributed by atoms with Crippen LogP contribution >= 0.6 is 0 Å². The van der Waals surface area contributed by atoms with E-state index >= 15 is 0 Å². The summed E-state index contributed by atoms with van der Waals surface area (Å²) >= 11 is 0. The number of rotatable bonds is 5. The van der Waals surface area contributed by atoms with E-state index in [9.17, 15) is 8.42 Å². The standard InChI is InChI=1S/C16H26N8O3S/c17-15(21-22-18)14-13(1-4-20-16(14)28(19,25)26)24-5-2-12(3-6-24)11-23-7-9-27-10-8-23/h1,4,12H,2-3,5-11H2,(H3,17,18,21)(H2,19,25,26). The average Bonchev–Trinajstić information content (AvgIpc) is 2.68. The van der Waals surface area contributed by atoms with Gasteiger partial charge >= 0.3 is 0 Å². The maximum atomic E-state index is 12.0. The monoisotopic (exact) mass is 410 g/mol. The van der Waals surface area contributed by atoms with Crippen molar-refractivity contribution in [2.24, 2.45) is 27.2 Å². The Bertz CT molecular complexity index is 830. The molecule has 0 spiro atoms. The van der Waals surface area contributed by atoms with Crippen molar-refractivity contribution in [3.63, 3.8) is 0 Å². The second-order valence-electron chi connectivity index (χ2n) is 6.96. The Morgan fingerprint density at radius 2 is 1.96 bits per heavy atom. The van der Waals surface area contributed by atoms with Gasteiger partial charge in [-0.05, 0) is 24.8 Å². The first kappa shape index (κ1) is 20.6. The minimum absolute atomic E-state index is 0.0332. The number of aromatic nitrogens is 1. The lowest BCUT2D eigenvalue weighted by atomic mass is 9.95. The topological polar surface area (TPSA) is 163 Å². The van der Waals surface area contributed by atoms with Crippen LogP contribution in [0.1, 0.15) is 18.4 Å². The van der Waals surface area contributed by atoms with E-state index in [1.807, 2.05) is 4.90 Å². The summed E-state index contributed by atoms with van der Waals surface area (Å²) in [7, 11) is -4.13. The summed E-state index contributed by atoms with van der Waals surface area (Å²) in [6, 6.07) is 1.67. The van der Waals surface area contributed by atoms with Crippen molar-refractivity contribution in [1.29, 1.82) is 5.41 Å². The molecular formula is C16H26N8O3S. The van der Waals surface area contributed by atoms with Gasteiger partial charge in [0.2, 0.25) is 0 Å². The molecule has 0 bridgehead atoms. The molecule has 0 saturated carbocycles. The summed E-state index contributed by atoms with van der Waals surface area (Å²) in [6.45, 7) is 6.02. The fraction of sp³-hybridized carbons (Fsp3) is 0.625. The Labute approximate surface area is 164 Å². The smallest absolute Gasteiger partial charge is 0.256 e. The van der Waals surface area contributed by atoms with Gasteiger partial charge in [0.15, 0.2) is 10.9 Å². The number of ether oxygens (including phenoxy) is 1. The highest BCUT2D eigenvalue weighted by Gasteiger charge is 2.28. The van der Waals surface area contributed by atoms with Gasteiger partial charge in [-0.3, -0.25) is 10.3 Å². The minimum atomic E-state index is -4.13. The van der Waals surface area contributed by atoms with E-state index < -0.39 is 15.0 Å². The third-order valence-corrected chi connectivity index (χ3v) is 5.98. The van der Waals surface area contributed by atoms with E-state index in [1.54, 1.807) is 6.07 Å². The van der Waals surface area contributed by atoms with Gasteiger partial charge in [-0.15, -0.1) is 5.11 Å². The van der Waals surface area contributed by atoms with Crippen molar-refractivity contribution in [3.05, 3.63) is 17.8 Å². The van der Waals surface area contributed by atoms with Crippen molar-refractivity contribution in [2.45, 2.75) is 17.9 Å². The fourth-order valence-corrected chi connectivity index (χ4v) is 4.44. The quantitative estimate of drug-likeness (QED) is 0.201. The highest BCUT2D eigenvalue weighted by Crippen LogP contribution is 2.30. The van der Waals surface area contributed by atoms with E-state index in [0.29, 0.717) is 11.6 Å². The molecule has 0 amide bonds. The molecule has 12 heteroatoms. The number of sulfonamides is 1. The third-order valence-electron chi connectivity index (χ3n) is 5.13. The van der Waals surface area contributed by atoms with Crippen molar-refractivity contribution >= 4 is 21.5 Å². The average molecular weight is 411 g/mol. The molecule has 0 unspecified atom stereocenters. The van der Waals surface area contributed by atoms with Gasteiger partial charge in [-0.1, -0.05) is 5.22 Å². The molecule has 0 atom stereocenters. The molecule has 3 heterocycles. The summed E-state index contributed by atoms with van der Waals surface area (Å²) in [6.07, 6.45) is 3.32. The Kier molecular flexibility index (Phi) is 6.54. The van der Waals surface area contributed by atoms with Crippen molar-refractivity contribution in [1.82, 2.24) is 9.88 Å². The predicted molar refractivity (Wildman–Crippen MR) is 104 cm³/mol. The van der Waals surface area contributed by atoms with E-state index in [0.717, 1.165) is 58.8 Å². The number of piperidine rings is 1. The van der Waals surface area contributed by atoms with Crippen LogP contribution in [0.15, 0.2) is 27.6 Å². The molecule has 2 aliphatic rings. The molecule has 0 aliphatic carbocycles. The first-order chi connectivity index (χ1) is 13.4. The number of primary sulfonamides is 1. The largest absolute Gasteiger partial charge is 0.379 e.